The van der Waals surface area contributed by atoms with Crippen LogP contribution in [-0.2, 0) is 0 Å². The van der Waals surface area contributed by atoms with Crippen molar-refractivity contribution in [3.63, 3.8) is 0 Å². The van der Waals surface area contributed by atoms with E-state index in [1.807, 2.05) is 0 Å². The number of hydrogen-bond donors (Lipinski definition) is 0. The molecule has 2 rings (SSSR count). The number of nitrogens with zero attached hydrogens (tertiary/aromatic N) is 1. The van der Waals surface area contributed by atoms with Crippen molar-refractivity contribution < 1.29 is 0 Å². The van der Waals surface area contributed by atoms with Crippen molar-refractivity contribution in [2.24, 2.45) is 17.3 Å². The largest absolute Gasteiger partial charge is 0.302 e. The highest BCUT2D eigenvalue weighted by atomic mass is 15.2. The minimum atomic E-state index is 0.724. The van der Waals surface area contributed by atoms with Gasteiger partial charge in [0.25, 0.3) is 0 Å². The summed E-state index contributed by atoms with van der Waals surface area (Å²) in [6, 6.07) is 0. The van der Waals surface area contributed by atoms with Crippen molar-refractivity contribution in [1.29, 1.82) is 0 Å². The second-order valence-corrected chi connectivity index (χ2v) is 5.51. The van der Waals surface area contributed by atoms with Crippen LogP contribution in [0.25, 0.3) is 0 Å². The second kappa shape index (κ2) is 2.73. The molecule has 0 aromatic heterocycles. The van der Waals surface area contributed by atoms with Crippen LogP contribution in [0.5, 0.6) is 0 Å². The second-order valence-electron chi connectivity index (χ2n) is 5.51. The lowest BCUT2D eigenvalue weighted by Crippen LogP contribution is -2.50. The van der Waals surface area contributed by atoms with E-state index in [-0.39, 0.29) is 0 Å². The predicted octanol–water partition coefficient (Wildman–Crippen LogP) is 2.37. The van der Waals surface area contributed by atoms with E-state index in [9.17, 15) is 0 Å². The number of likely N-dealkylation sites (tertiary alicyclic amines) is 1. The Kier molecular flexibility index (Phi) is 1.95. The molecule has 1 nitrogen and oxygen atoms in total. The van der Waals surface area contributed by atoms with Crippen molar-refractivity contribution in [3.05, 3.63) is 0 Å². The SMILES string of the molecule is CC(C)C1CN(CC2(C)CC2)C1. The Bertz CT molecular complexity index is 164. The Hall–Kier alpha value is -0.0400. The van der Waals surface area contributed by atoms with E-state index in [4.69, 9.17) is 0 Å². The average molecular weight is 167 g/mol. The van der Waals surface area contributed by atoms with Gasteiger partial charge in [-0.3, -0.25) is 0 Å². The maximum Gasteiger partial charge on any atom is 0.00356 e. The molecule has 2 fully saturated rings. The van der Waals surface area contributed by atoms with E-state index in [1.54, 1.807) is 0 Å². The molecule has 0 atom stereocenters. The van der Waals surface area contributed by atoms with Gasteiger partial charge in [-0.1, -0.05) is 20.8 Å². The summed E-state index contributed by atoms with van der Waals surface area (Å²) < 4.78 is 0. The molecule has 1 heterocycles. The molecule has 12 heavy (non-hydrogen) atoms. The standard InChI is InChI=1S/C11H21N/c1-9(2)10-6-12(7-10)8-11(3)4-5-11/h9-10H,4-8H2,1-3H3. The zero-order valence-corrected chi connectivity index (χ0v) is 8.64. The Morgan fingerprint density at radius 2 is 1.92 bits per heavy atom. The van der Waals surface area contributed by atoms with Gasteiger partial charge in [-0.2, -0.15) is 0 Å². The maximum atomic E-state index is 2.64. The third kappa shape index (κ3) is 1.66. The fourth-order valence-electron chi connectivity index (χ4n) is 2.07. The monoisotopic (exact) mass is 167 g/mol. The van der Waals surface area contributed by atoms with Crippen LogP contribution in [-0.4, -0.2) is 24.5 Å². The lowest BCUT2D eigenvalue weighted by molar-refractivity contribution is 0.0517. The van der Waals surface area contributed by atoms with E-state index < -0.39 is 0 Å². The molecule has 0 amide bonds. The molecule has 70 valence electrons. The fourth-order valence-corrected chi connectivity index (χ4v) is 2.07. The third-order valence-corrected chi connectivity index (χ3v) is 3.64. The molecule has 1 saturated heterocycles. The number of hydrogen-bond acceptors (Lipinski definition) is 1. The minimum Gasteiger partial charge on any atom is -0.302 e. The summed E-state index contributed by atoms with van der Waals surface area (Å²) in [4.78, 5) is 2.64. The first-order chi connectivity index (χ1) is 5.59. The highest BCUT2D eigenvalue weighted by Crippen LogP contribution is 2.46. The van der Waals surface area contributed by atoms with Crippen LogP contribution in [0.15, 0.2) is 0 Å². The van der Waals surface area contributed by atoms with Crippen molar-refractivity contribution in [1.82, 2.24) is 4.90 Å². The molecule has 1 saturated carbocycles. The van der Waals surface area contributed by atoms with Gasteiger partial charge in [-0.25, -0.2) is 0 Å². The van der Waals surface area contributed by atoms with E-state index >= 15 is 0 Å². The zero-order valence-electron chi connectivity index (χ0n) is 8.64. The van der Waals surface area contributed by atoms with Gasteiger partial charge in [0.05, 0.1) is 0 Å². The van der Waals surface area contributed by atoms with Crippen molar-refractivity contribution in [2.75, 3.05) is 19.6 Å². The quantitative estimate of drug-likeness (QED) is 0.624. The molecular formula is C11H21N. The fraction of sp³-hybridized carbons (Fsp3) is 1.00. The van der Waals surface area contributed by atoms with Gasteiger partial charge in [-0.15, -0.1) is 0 Å². The lowest BCUT2D eigenvalue weighted by atomic mass is 9.87. The van der Waals surface area contributed by atoms with Crippen molar-refractivity contribution >= 4 is 0 Å². The Balaban J connectivity index is 1.68. The Morgan fingerprint density at radius 1 is 1.33 bits per heavy atom. The molecule has 0 aromatic carbocycles. The molecule has 0 aromatic rings. The minimum absolute atomic E-state index is 0.724. The van der Waals surface area contributed by atoms with Gasteiger partial charge in [-0.05, 0) is 30.1 Å². The van der Waals surface area contributed by atoms with Crippen LogP contribution in [0.1, 0.15) is 33.6 Å². The van der Waals surface area contributed by atoms with Gasteiger partial charge in [0.15, 0.2) is 0 Å². The first-order valence-electron chi connectivity index (χ1n) is 5.31. The lowest BCUT2D eigenvalue weighted by Gasteiger charge is -2.43. The molecule has 0 N–H and O–H groups in total. The van der Waals surface area contributed by atoms with E-state index in [2.05, 4.69) is 25.7 Å². The van der Waals surface area contributed by atoms with Crippen LogP contribution in [0.4, 0.5) is 0 Å². The molecule has 0 unspecified atom stereocenters. The summed E-state index contributed by atoms with van der Waals surface area (Å²) in [7, 11) is 0. The van der Waals surface area contributed by atoms with E-state index in [1.165, 1.54) is 32.5 Å². The Labute approximate surface area is 76.1 Å². The van der Waals surface area contributed by atoms with Gasteiger partial charge >= 0.3 is 0 Å². The zero-order chi connectivity index (χ0) is 8.77. The van der Waals surface area contributed by atoms with E-state index in [0.717, 1.165) is 17.3 Å². The summed E-state index contributed by atoms with van der Waals surface area (Å²) in [5, 5.41) is 0. The topological polar surface area (TPSA) is 3.24 Å². The Morgan fingerprint density at radius 3 is 2.33 bits per heavy atom. The smallest absolute Gasteiger partial charge is 0.00356 e. The molecule has 1 aliphatic heterocycles. The van der Waals surface area contributed by atoms with Gasteiger partial charge < -0.3 is 4.90 Å². The third-order valence-electron chi connectivity index (χ3n) is 3.64. The average Bonchev–Trinajstić information content (AvgIpc) is 2.58. The summed E-state index contributed by atoms with van der Waals surface area (Å²) >= 11 is 0. The van der Waals surface area contributed by atoms with Crippen LogP contribution in [0.2, 0.25) is 0 Å². The predicted molar refractivity (Wildman–Crippen MR) is 52.1 cm³/mol. The van der Waals surface area contributed by atoms with Crippen LogP contribution >= 0.6 is 0 Å². The summed E-state index contributed by atoms with van der Waals surface area (Å²) in [5.41, 5.74) is 0.724. The normalized spacial score (nSPS) is 29.0. The van der Waals surface area contributed by atoms with Gasteiger partial charge in [0, 0.05) is 19.6 Å². The molecule has 0 radical (unpaired) electrons. The molecule has 0 bridgehead atoms. The van der Waals surface area contributed by atoms with Crippen LogP contribution in [0.3, 0.4) is 0 Å². The van der Waals surface area contributed by atoms with Crippen LogP contribution < -0.4 is 0 Å². The molecule has 2 aliphatic rings. The van der Waals surface area contributed by atoms with E-state index in [0.29, 0.717) is 0 Å². The molecule has 0 spiro atoms. The highest BCUT2D eigenvalue weighted by Gasteiger charge is 2.41. The van der Waals surface area contributed by atoms with Crippen LogP contribution in [0, 0.1) is 17.3 Å². The molecule has 1 aliphatic carbocycles. The summed E-state index contributed by atoms with van der Waals surface area (Å²) in [6.07, 6.45) is 2.94. The van der Waals surface area contributed by atoms with Crippen molar-refractivity contribution in [3.8, 4) is 0 Å². The van der Waals surface area contributed by atoms with Gasteiger partial charge in [0.2, 0.25) is 0 Å². The number of rotatable bonds is 3. The van der Waals surface area contributed by atoms with Gasteiger partial charge in [0.1, 0.15) is 0 Å². The first-order valence-corrected chi connectivity index (χ1v) is 5.31. The highest BCUT2D eigenvalue weighted by molar-refractivity contribution is 4.94. The molecule has 1 heteroatoms. The maximum absolute atomic E-state index is 2.64. The molecular weight excluding hydrogens is 146 g/mol. The van der Waals surface area contributed by atoms with Crippen molar-refractivity contribution in [2.45, 2.75) is 33.6 Å². The summed E-state index contributed by atoms with van der Waals surface area (Å²) in [6.45, 7) is 11.2. The summed E-state index contributed by atoms with van der Waals surface area (Å²) in [5.74, 6) is 1.89. The first kappa shape index (κ1) is 8.55.